The van der Waals surface area contributed by atoms with Crippen molar-refractivity contribution in [2.75, 3.05) is 6.61 Å². The van der Waals surface area contributed by atoms with E-state index in [4.69, 9.17) is 21.8 Å². The molecule has 0 saturated heterocycles. The van der Waals surface area contributed by atoms with Gasteiger partial charge in [0.15, 0.2) is 0 Å². The second-order valence-corrected chi connectivity index (χ2v) is 4.36. The number of aliphatic hydroxyl groups is 1. The van der Waals surface area contributed by atoms with Gasteiger partial charge in [-0.15, -0.1) is 11.6 Å². The average molecular weight is 263 g/mol. The van der Waals surface area contributed by atoms with Crippen molar-refractivity contribution in [3.63, 3.8) is 0 Å². The molecule has 4 heteroatoms. The van der Waals surface area contributed by atoms with Crippen molar-refractivity contribution in [1.29, 1.82) is 0 Å². The molecule has 1 unspecified atom stereocenters. The number of carbonyl (C=O) groups is 1. The molecule has 0 aliphatic rings. The molecule has 0 heterocycles. The lowest BCUT2D eigenvalue weighted by atomic mass is 10.1. The molecule has 0 saturated carbocycles. The lowest BCUT2D eigenvalue weighted by molar-refractivity contribution is -0.136. The Kier molecular flexibility index (Phi) is 12.8. The normalized spacial score (nSPS) is 12.4. The molecule has 2 N–H and O–H groups in total. The minimum atomic E-state index is -0.745. The highest BCUT2D eigenvalue weighted by molar-refractivity contribution is 6.22. The zero-order valence-corrected chi connectivity index (χ0v) is 11.6. The number of allylic oxidation sites excluding steroid dienone is 2. The highest BCUT2D eigenvalue weighted by atomic mass is 35.5. The molecule has 0 fully saturated rings. The Hall–Kier alpha value is -0.800. The summed E-state index contributed by atoms with van der Waals surface area (Å²) in [5.41, 5.74) is 2.19. The Labute approximate surface area is 109 Å². The van der Waals surface area contributed by atoms with Crippen LogP contribution in [0, 0.1) is 0 Å². The van der Waals surface area contributed by atoms with Crippen LogP contribution in [0.25, 0.3) is 0 Å². The molecule has 100 valence electrons. The van der Waals surface area contributed by atoms with Gasteiger partial charge in [-0.25, -0.2) is 0 Å². The van der Waals surface area contributed by atoms with Gasteiger partial charge in [0.05, 0.1) is 12.0 Å². The van der Waals surface area contributed by atoms with Crippen LogP contribution in [0.5, 0.6) is 0 Å². The summed E-state index contributed by atoms with van der Waals surface area (Å²) in [5, 5.41) is 16.4. The van der Waals surface area contributed by atoms with E-state index < -0.39 is 5.97 Å². The second-order valence-electron chi connectivity index (χ2n) is 3.83. The van der Waals surface area contributed by atoms with Crippen molar-refractivity contribution >= 4 is 17.6 Å². The smallest absolute Gasteiger partial charge is 0.303 e. The Morgan fingerprint density at radius 1 is 1.47 bits per heavy atom. The van der Waals surface area contributed by atoms with Crippen LogP contribution >= 0.6 is 11.6 Å². The van der Waals surface area contributed by atoms with Crippen molar-refractivity contribution in [2.45, 2.75) is 45.4 Å². The first-order valence-electron chi connectivity index (χ1n) is 5.62. The van der Waals surface area contributed by atoms with Gasteiger partial charge in [0.1, 0.15) is 0 Å². The maximum absolute atomic E-state index is 9.37. The zero-order valence-electron chi connectivity index (χ0n) is 10.9. The van der Waals surface area contributed by atoms with Gasteiger partial charge >= 0.3 is 5.97 Å². The third-order valence-corrected chi connectivity index (χ3v) is 2.66. The topological polar surface area (TPSA) is 57.5 Å². The summed E-state index contributed by atoms with van der Waals surface area (Å²) < 4.78 is 0. The number of carboxylic acid groups (broad SMARTS) is 1. The number of alkyl halides is 1. The molecule has 0 aromatic carbocycles. The van der Waals surface area contributed by atoms with Crippen LogP contribution in [0.1, 0.15) is 40.0 Å². The van der Waals surface area contributed by atoms with E-state index in [0.29, 0.717) is 0 Å². The van der Waals surface area contributed by atoms with E-state index in [9.17, 15) is 4.79 Å². The second kappa shape index (κ2) is 11.7. The molecular weight excluding hydrogens is 240 g/mol. The summed E-state index contributed by atoms with van der Waals surface area (Å²) >= 11 is 5.97. The van der Waals surface area contributed by atoms with E-state index in [1.165, 1.54) is 5.57 Å². The van der Waals surface area contributed by atoms with E-state index in [1.54, 1.807) is 6.92 Å². The molecular formula is C13H23ClO3. The van der Waals surface area contributed by atoms with E-state index in [-0.39, 0.29) is 18.4 Å². The van der Waals surface area contributed by atoms with Crippen molar-refractivity contribution in [3.05, 3.63) is 23.8 Å². The highest BCUT2D eigenvalue weighted by Crippen LogP contribution is 2.16. The minimum Gasteiger partial charge on any atom is -0.481 e. The Morgan fingerprint density at radius 2 is 1.94 bits per heavy atom. The van der Waals surface area contributed by atoms with E-state index >= 15 is 0 Å². The predicted molar refractivity (Wildman–Crippen MR) is 72.5 cm³/mol. The monoisotopic (exact) mass is 262 g/mol. The maximum Gasteiger partial charge on any atom is 0.303 e. The van der Waals surface area contributed by atoms with Crippen molar-refractivity contribution in [1.82, 2.24) is 0 Å². The van der Waals surface area contributed by atoms with Gasteiger partial charge < -0.3 is 10.2 Å². The van der Waals surface area contributed by atoms with Crippen LogP contribution in [-0.4, -0.2) is 28.2 Å². The average Bonchev–Trinajstić information content (AvgIpc) is 2.26. The number of halogens is 1. The lowest BCUT2D eigenvalue weighted by Crippen LogP contribution is -1.99. The number of hydrogen-bond donors (Lipinski definition) is 2. The van der Waals surface area contributed by atoms with Crippen molar-refractivity contribution < 1.29 is 15.0 Å². The van der Waals surface area contributed by atoms with E-state index in [0.717, 1.165) is 18.4 Å². The number of aliphatic carboxylic acids is 1. The molecule has 3 nitrogen and oxygen atoms in total. The quantitative estimate of drug-likeness (QED) is 0.570. The van der Waals surface area contributed by atoms with E-state index in [2.05, 4.69) is 6.58 Å². The van der Waals surface area contributed by atoms with Gasteiger partial charge in [0.2, 0.25) is 0 Å². The number of aliphatic hydroxyl groups excluding tert-OH is 1. The van der Waals surface area contributed by atoms with Gasteiger partial charge in [0, 0.05) is 6.42 Å². The van der Waals surface area contributed by atoms with Gasteiger partial charge in [-0.1, -0.05) is 30.7 Å². The van der Waals surface area contributed by atoms with Crippen LogP contribution in [0.4, 0.5) is 0 Å². The maximum atomic E-state index is 9.37. The summed E-state index contributed by atoms with van der Waals surface area (Å²) in [5.74, 6) is -0.745. The van der Waals surface area contributed by atoms with Crippen molar-refractivity contribution in [2.24, 2.45) is 0 Å². The molecule has 1 atom stereocenters. The van der Waals surface area contributed by atoms with Gasteiger partial charge in [-0.05, 0) is 26.7 Å². The molecule has 0 aromatic rings. The van der Waals surface area contributed by atoms with Gasteiger partial charge in [0.25, 0.3) is 0 Å². The van der Waals surface area contributed by atoms with Crippen LogP contribution in [0.15, 0.2) is 23.8 Å². The van der Waals surface area contributed by atoms with Crippen LogP contribution in [0.2, 0.25) is 0 Å². The van der Waals surface area contributed by atoms with Crippen molar-refractivity contribution in [3.8, 4) is 0 Å². The van der Waals surface area contributed by atoms with Gasteiger partial charge in [-0.2, -0.15) is 0 Å². The summed E-state index contributed by atoms with van der Waals surface area (Å²) in [7, 11) is 0. The Bertz CT molecular complexity index is 259. The van der Waals surface area contributed by atoms with Crippen LogP contribution < -0.4 is 0 Å². The number of rotatable bonds is 6. The summed E-state index contributed by atoms with van der Waals surface area (Å²) in [6, 6.07) is 0. The van der Waals surface area contributed by atoms with Crippen LogP contribution in [-0.2, 0) is 4.79 Å². The molecule has 0 aliphatic carbocycles. The fourth-order valence-electron chi connectivity index (χ4n) is 0.859. The summed E-state index contributed by atoms with van der Waals surface area (Å²) in [6.45, 7) is 9.43. The SMILES string of the molecule is C=C(C)C(Cl)CCC(C)=CCO.CCC(=O)O. The zero-order chi connectivity index (χ0) is 13.8. The minimum absolute atomic E-state index is 0.0621. The third-order valence-electron chi connectivity index (χ3n) is 2.07. The number of carboxylic acids is 1. The van der Waals surface area contributed by atoms with E-state index in [1.807, 2.05) is 19.9 Å². The summed E-state index contributed by atoms with van der Waals surface area (Å²) in [6.07, 6.45) is 3.86. The first-order valence-corrected chi connectivity index (χ1v) is 6.06. The fourth-order valence-corrected chi connectivity index (χ4v) is 0.968. The molecule has 0 rings (SSSR count). The third kappa shape index (κ3) is 15.2. The highest BCUT2D eigenvalue weighted by Gasteiger charge is 2.04. The summed E-state index contributed by atoms with van der Waals surface area (Å²) in [4.78, 5) is 9.37. The predicted octanol–water partition coefficient (Wildman–Crippen LogP) is 3.37. The molecule has 0 amide bonds. The number of hydrogen-bond acceptors (Lipinski definition) is 2. The van der Waals surface area contributed by atoms with Crippen LogP contribution in [0.3, 0.4) is 0 Å². The standard InChI is InChI=1S/C10H17ClO.C3H6O2/c1-8(2)10(11)5-4-9(3)6-7-12;1-2-3(4)5/h6,10,12H,1,4-5,7H2,2-3H3;2H2,1H3,(H,4,5). The molecule has 0 aromatic heterocycles. The van der Waals surface area contributed by atoms with Gasteiger partial charge in [-0.3, -0.25) is 4.79 Å². The molecule has 17 heavy (non-hydrogen) atoms. The first-order chi connectivity index (χ1) is 7.84. The molecule has 0 bridgehead atoms. The first kappa shape index (κ1) is 18.6. The fraction of sp³-hybridized carbons (Fsp3) is 0.615. The largest absolute Gasteiger partial charge is 0.481 e. The molecule has 0 spiro atoms. The lowest BCUT2D eigenvalue weighted by Gasteiger charge is -2.08. The Balaban J connectivity index is 0. The Morgan fingerprint density at radius 3 is 2.24 bits per heavy atom. The molecule has 0 radical (unpaired) electrons. The molecule has 0 aliphatic heterocycles.